The molecule has 0 atom stereocenters. The van der Waals surface area contributed by atoms with Gasteiger partial charge < -0.3 is 4.57 Å². The molecule has 1 heterocycles. The maximum atomic E-state index is 13.4. The summed E-state index contributed by atoms with van der Waals surface area (Å²) >= 11 is 1.19. The smallest absolute Gasteiger partial charge is 0.279 e. The van der Waals surface area contributed by atoms with E-state index in [0.717, 1.165) is 29.8 Å². The molecule has 0 aliphatic rings. The van der Waals surface area contributed by atoms with E-state index in [1.807, 2.05) is 0 Å². The molecular formula is C21H15F2N3O3S2. The Morgan fingerprint density at radius 3 is 2.29 bits per heavy atom. The monoisotopic (exact) mass is 459 g/mol. The van der Waals surface area contributed by atoms with Crippen LogP contribution in [0.4, 0.5) is 14.5 Å². The lowest BCUT2D eigenvalue weighted by Gasteiger charge is -2.08. The SMILES string of the molecule is Cn1c(=NC(=O)c2ccc(NS(=O)(=O)c3ccc(F)cc3)cc2)sc2cc(F)ccc21. The number of carbonyl (C=O) groups is 1. The summed E-state index contributed by atoms with van der Waals surface area (Å²) in [6.45, 7) is 0. The van der Waals surface area contributed by atoms with E-state index in [4.69, 9.17) is 0 Å². The molecule has 0 saturated carbocycles. The Labute approximate surface area is 180 Å². The highest BCUT2D eigenvalue weighted by Gasteiger charge is 2.15. The molecule has 0 unspecified atom stereocenters. The molecular weight excluding hydrogens is 444 g/mol. The second-order valence-corrected chi connectivity index (χ2v) is 9.30. The van der Waals surface area contributed by atoms with Crippen molar-refractivity contribution in [1.82, 2.24) is 4.57 Å². The number of nitrogens with zero attached hydrogens (tertiary/aromatic N) is 2. The molecule has 0 saturated heterocycles. The zero-order valence-electron chi connectivity index (χ0n) is 16.0. The van der Waals surface area contributed by atoms with Crippen LogP contribution in [0, 0.1) is 11.6 Å². The molecule has 0 spiro atoms. The number of carbonyl (C=O) groups excluding carboxylic acids is 1. The van der Waals surface area contributed by atoms with Crippen molar-refractivity contribution in [2.75, 3.05) is 4.72 Å². The van der Waals surface area contributed by atoms with Gasteiger partial charge in [0.05, 0.1) is 15.1 Å². The number of aromatic nitrogens is 1. The lowest BCUT2D eigenvalue weighted by molar-refractivity contribution is 0.0998. The van der Waals surface area contributed by atoms with Gasteiger partial charge in [0.1, 0.15) is 11.6 Å². The first-order chi connectivity index (χ1) is 14.7. The van der Waals surface area contributed by atoms with Crippen LogP contribution in [0.5, 0.6) is 0 Å². The number of rotatable bonds is 4. The summed E-state index contributed by atoms with van der Waals surface area (Å²) in [6, 6.07) is 14.5. The van der Waals surface area contributed by atoms with E-state index < -0.39 is 21.7 Å². The van der Waals surface area contributed by atoms with E-state index in [2.05, 4.69) is 9.71 Å². The van der Waals surface area contributed by atoms with E-state index in [1.165, 1.54) is 47.7 Å². The van der Waals surface area contributed by atoms with Gasteiger partial charge in [-0.25, -0.2) is 17.2 Å². The molecule has 0 aliphatic carbocycles. The molecule has 0 radical (unpaired) electrons. The van der Waals surface area contributed by atoms with Crippen LogP contribution in [-0.2, 0) is 17.1 Å². The number of hydrogen-bond acceptors (Lipinski definition) is 4. The Balaban J connectivity index is 1.57. The first-order valence-electron chi connectivity index (χ1n) is 8.95. The van der Waals surface area contributed by atoms with Crippen molar-refractivity contribution >= 4 is 43.2 Å². The Morgan fingerprint density at radius 1 is 0.968 bits per heavy atom. The lowest BCUT2D eigenvalue weighted by Crippen LogP contribution is -2.14. The largest absolute Gasteiger partial charge is 0.319 e. The number of fused-ring (bicyclic) bond motifs is 1. The first-order valence-corrected chi connectivity index (χ1v) is 11.3. The Morgan fingerprint density at radius 2 is 1.61 bits per heavy atom. The van der Waals surface area contributed by atoms with Crippen molar-refractivity contribution in [2.45, 2.75) is 4.90 Å². The second-order valence-electron chi connectivity index (χ2n) is 6.61. The van der Waals surface area contributed by atoms with Crippen LogP contribution in [-0.4, -0.2) is 18.9 Å². The minimum absolute atomic E-state index is 0.0854. The third-order valence-electron chi connectivity index (χ3n) is 4.48. The van der Waals surface area contributed by atoms with Gasteiger partial charge in [-0.15, -0.1) is 0 Å². The highest BCUT2D eigenvalue weighted by molar-refractivity contribution is 7.92. The van der Waals surface area contributed by atoms with Crippen molar-refractivity contribution in [2.24, 2.45) is 12.0 Å². The van der Waals surface area contributed by atoms with Gasteiger partial charge in [-0.05, 0) is 66.7 Å². The molecule has 4 rings (SSSR count). The van der Waals surface area contributed by atoms with Gasteiger partial charge in [0.15, 0.2) is 4.80 Å². The Kier molecular flexibility index (Phi) is 5.42. The summed E-state index contributed by atoms with van der Waals surface area (Å²) in [4.78, 5) is 17.0. The van der Waals surface area contributed by atoms with E-state index >= 15 is 0 Å². The fourth-order valence-corrected chi connectivity index (χ4v) is 4.97. The maximum absolute atomic E-state index is 13.4. The van der Waals surface area contributed by atoms with E-state index in [9.17, 15) is 22.0 Å². The molecule has 1 aromatic heterocycles. The van der Waals surface area contributed by atoms with Gasteiger partial charge in [0, 0.05) is 18.3 Å². The quantitative estimate of drug-likeness (QED) is 0.500. The molecule has 1 N–H and O–H groups in total. The number of benzene rings is 3. The number of anilines is 1. The van der Waals surface area contributed by atoms with Crippen LogP contribution in [0.1, 0.15) is 10.4 Å². The highest BCUT2D eigenvalue weighted by Crippen LogP contribution is 2.19. The number of sulfonamides is 1. The number of amides is 1. The molecule has 3 aromatic carbocycles. The summed E-state index contributed by atoms with van der Waals surface area (Å²) in [5.41, 5.74) is 1.25. The first kappa shape index (κ1) is 20.9. The summed E-state index contributed by atoms with van der Waals surface area (Å²) < 4.78 is 55.9. The van der Waals surface area contributed by atoms with Gasteiger partial charge in [0.2, 0.25) is 0 Å². The molecule has 1 amide bonds. The fourth-order valence-electron chi connectivity index (χ4n) is 2.87. The fraction of sp³-hybridized carbons (Fsp3) is 0.0476. The van der Waals surface area contributed by atoms with Gasteiger partial charge >= 0.3 is 0 Å². The average molecular weight is 459 g/mol. The molecule has 10 heteroatoms. The molecule has 4 aromatic rings. The maximum Gasteiger partial charge on any atom is 0.279 e. The third kappa shape index (κ3) is 4.39. The number of thiazole rings is 1. The van der Waals surface area contributed by atoms with Crippen molar-refractivity contribution in [3.63, 3.8) is 0 Å². The average Bonchev–Trinajstić information content (AvgIpc) is 3.03. The topological polar surface area (TPSA) is 80.5 Å². The number of halogens is 2. The van der Waals surface area contributed by atoms with Crippen LogP contribution in [0.25, 0.3) is 10.2 Å². The van der Waals surface area contributed by atoms with Gasteiger partial charge in [-0.1, -0.05) is 11.3 Å². The van der Waals surface area contributed by atoms with E-state index in [1.54, 1.807) is 17.7 Å². The lowest BCUT2D eigenvalue weighted by atomic mass is 10.2. The minimum Gasteiger partial charge on any atom is -0.319 e. The minimum atomic E-state index is -3.89. The van der Waals surface area contributed by atoms with E-state index in [0.29, 0.717) is 9.50 Å². The Hall–Kier alpha value is -3.37. The Bertz CT molecular complexity index is 1460. The van der Waals surface area contributed by atoms with Crippen LogP contribution >= 0.6 is 11.3 Å². The van der Waals surface area contributed by atoms with Crippen molar-refractivity contribution in [3.8, 4) is 0 Å². The third-order valence-corrected chi connectivity index (χ3v) is 6.97. The summed E-state index contributed by atoms with van der Waals surface area (Å²) in [5.74, 6) is -1.43. The summed E-state index contributed by atoms with van der Waals surface area (Å²) in [7, 11) is -2.16. The standard InChI is InChI=1S/C21H15F2N3O3S2/c1-26-18-11-6-15(23)12-19(18)30-21(26)24-20(27)13-2-7-16(8-3-13)25-31(28,29)17-9-4-14(22)5-10-17/h2-12,25H,1H3. The highest BCUT2D eigenvalue weighted by atomic mass is 32.2. The molecule has 0 fully saturated rings. The predicted molar refractivity (Wildman–Crippen MR) is 114 cm³/mol. The van der Waals surface area contributed by atoms with E-state index in [-0.39, 0.29) is 22.0 Å². The van der Waals surface area contributed by atoms with Gasteiger partial charge in [-0.2, -0.15) is 4.99 Å². The van der Waals surface area contributed by atoms with Crippen LogP contribution in [0.3, 0.4) is 0 Å². The molecule has 158 valence electrons. The van der Waals surface area contributed by atoms with Crippen LogP contribution in [0.15, 0.2) is 76.6 Å². The van der Waals surface area contributed by atoms with Crippen LogP contribution < -0.4 is 9.52 Å². The van der Waals surface area contributed by atoms with Crippen LogP contribution in [0.2, 0.25) is 0 Å². The zero-order chi connectivity index (χ0) is 22.2. The van der Waals surface area contributed by atoms with Gasteiger partial charge in [-0.3, -0.25) is 9.52 Å². The molecule has 0 bridgehead atoms. The van der Waals surface area contributed by atoms with Crippen molar-refractivity contribution < 1.29 is 22.0 Å². The predicted octanol–water partition coefficient (Wildman–Crippen LogP) is 4.06. The van der Waals surface area contributed by atoms with Crippen molar-refractivity contribution in [3.05, 3.63) is 88.7 Å². The normalized spacial score (nSPS) is 12.3. The number of aryl methyl sites for hydroxylation is 1. The number of hydrogen-bond donors (Lipinski definition) is 1. The molecule has 6 nitrogen and oxygen atoms in total. The summed E-state index contributed by atoms with van der Waals surface area (Å²) in [6.07, 6.45) is 0. The van der Waals surface area contributed by atoms with Crippen molar-refractivity contribution in [1.29, 1.82) is 0 Å². The number of nitrogens with one attached hydrogen (secondary N) is 1. The second kappa shape index (κ2) is 8.05. The molecule has 31 heavy (non-hydrogen) atoms. The zero-order valence-corrected chi connectivity index (χ0v) is 17.7. The molecule has 0 aliphatic heterocycles. The summed E-state index contributed by atoms with van der Waals surface area (Å²) in [5, 5.41) is 0. The van der Waals surface area contributed by atoms with Gasteiger partial charge in [0.25, 0.3) is 15.9 Å².